The first-order chi connectivity index (χ1) is 8.90. The largest absolute Gasteiger partial charge is 0.449 e. The van der Waals surface area contributed by atoms with E-state index >= 15 is 0 Å². The molecule has 1 atom stereocenters. The Hall–Kier alpha value is -1.36. The second-order valence-electron chi connectivity index (χ2n) is 4.83. The number of Topliss-reactive ketones (excluding diaryl/α,β-unsaturated/α-hetero) is 1. The van der Waals surface area contributed by atoms with E-state index in [-0.39, 0.29) is 18.3 Å². The van der Waals surface area contributed by atoms with Crippen LogP contribution in [0.5, 0.6) is 0 Å². The monoisotopic (exact) mass is 327 g/mol. The molecule has 2 N–H and O–H groups in total. The molecule has 4 nitrogen and oxygen atoms in total. The molecule has 0 saturated carbocycles. The number of hydrogen-bond acceptors (Lipinski definition) is 3. The first-order valence-electron chi connectivity index (χ1n) is 6.12. The third-order valence-corrected chi connectivity index (χ3v) is 3.21. The van der Waals surface area contributed by atoms with Gasteiger partial charge in [-0.05, 0) is 24.5 Å². The first-order valence-corrected chi connectivity index (χ1v) is 6.91. The third kappa shape index (κ3) is 5.42. The van der Waals surface area contributed by atoms with Gasteiger partial charge >= 0.3 is 6.09 Å². The Morgan fingerprint density at radius 2 is 1.84 bits per heavy atom. The van der Waals surface area contributed by atoms with E-state index in [1.807, 2.05) is 26.0 Å². The Kier molecular flexibility index (Phi) is 6.02. The minimum atomic E-state index is -0.850. The number of halogens is 1. The zero-order valence-electron chi connectivity index (χ0n) is 11.1. The molecule has 0 aliphatic heterocycles. The quantitative estimate of drug-likeness (QED) is 0.814. The molecular weight excluding hydrogens is 310 g/mol. The topological polar surface area (TPSA) is 69.4 Å². The van der Waals surface area contributed by atoms with Gasteiger partial charge in [0.05, 0.1) is 5.92 Å². The van der Waals surface area contributed by atoms with Crippen molar-refractivity contribution in [1.29, 1.82) is 0 Å². The summed E-state index contributed by atoms with van der Waals surface area (Å²) in [5.74, 6) is -0.0444. The molecule has 1 aromatic rings. The number of ether oxygens (including phenoxy) is 1. The van der Waals surface area contributed by atoms with Crippen LogP contribution in [0.3, 0.4) is 0 Å². The van der Waals surface area contributed by atoms with Gasteiger partial charge in [0.25, 0.3) is 0 Å². The van der Waals surface area contributed by atoms with Gasteiger partial charge < -0.3 is 10.5 Å². The van der Waals surface area contributed by atoms with Crippen LogP contribution in [-0.4, -0.2) is 18.5 Å². The van der Waals surface area contributed by atoms with Crippen molar-refractivity contribution in [3.8, 4) is 0 Å². The van der Waals surface area contributed by atoms with Crippen molar-refractivity contribution in [3.05, 3.63) is 34.3 Å². The minimum Gasteiger partial charge on any atom is -0.449 e. The highest BCUT2D eigenvalue weighted by Gasteiger charge is 2.22. The van der Waals surface area contributed by atoms with Crippen LogP contribution in [0, 0.1) is 11.8 Å². The summed E-state index contributed by atoms with van der Waals surface area (Å²) in [5.41, 5.74) is 5.56. The highest BCUT2D eigenvalue weighted by atomic mass is 79.9. The van der Waals surface area contributed by atoms with Crippen LogP contribution in [0.2, 0.25) is 0 Å². The summed E-state index contributed by atoms with van der Waals surface area (Å²) in [7, 11) is 0. The van der Waals surface area contributed by atoms with Crippen molar-refractivity contribution < 1.29 is 14.3 Å². The highest BCUT2D eigenvalue weighted by molar-refractivity contribution is 9.10. The molecular formula is C14H18BrNO3. The van der Waals surface area contributed by atoms with Gasteiger partial charge in [-0.25, -0.2) is 4.79 Å². The second-order valence-corrected chi connectivity index (χ2v) is 5.74. The lowest BCUT2D eigenvalue weighted by Gasteiger charge is -2.17. The van der Waals surface area contributed by atoms with Crippen molar-refractivity contribution >= 4 is 27.8 Å². The van der Waals surface area contributed by atoms with Gasteiger partial charge in [-0.1, -0.05) is 41.9 Å². The van der Waals surface area contributed by atoms with E-state index in [0.717, 1.165) is 4.47 Å². The zero-order chi connectivity index (χ0) is 14.4. The van der Waals surface area contributed by atoms with Gasteiger partial charge in [0.1, 0.15) is 6.61 Å². The molecule has 0 saturated heterocycles. The SMILES string of the molecule is CC(C)CC(COC(N)=O)C(=O)c1ccc(Br)cc1. The standard InChI is InChI=1S/C14H18BrNO3/c1-9(2)7-11(8-19-14(16)18)13(17)10-3-5-12(15)6-4-10/h3-6,9,11H,7-8H2,1-2H3,(H2,16,18). The van der Waals surface area contributed by atoms with Crippen LogP contribution >= 0.6 is 15.9 Å². The van der Waals surface area contributed by atoms with Crippen LogP contribution < -0.4 is 5.73 Å². The van der Waals surface area contributed by atoms with E-state index in [9.17, 15) is 9.59 Å². The van der Waals surface area contributed by atoms with Crippen molar-refractivity contribution in [2.45, 2.75) is 20.3 Å². The van der Waals surface area contributed by atoms with Gasteiger partial charge in [0, 0.05) is 10.0 Å². The number of nitrogens with two attached hydrogens (primary N) is 1. The van der Waals surface area contributed by atoms with E-state index in [1.54, 1.807) is 12.1 Å². The molecule has 104 valence electrons. The molecule has 0 aliphatic rings. The maximum Gasteiger partial charge on any atom is 0.404 e. The predicted octanol–water partition coefficient (Wildman–Crippen LogP) is 3.39. The molecule has 0 heterocycles. The van der Waals surface area contributed by atoms with Crippen LogP contribution in [0.25, 0.3) is 0 Å². The fraction of sp³-hybridized carbons (Fsp3) is 0.429. The first kappa shape index (κ1) is 15.7. The number of benzene rings is 1. The number of carbonyl (C=O) groups is 2. The summed E-state index contributed by atoms with van der Waals surface area (Å²) in [4.78, 5) is 23.0. The normalized spacial score (nSPS) is 12.2. The fourth-order valence-electron chi connectivity index (χ4n) is 1.85. The Bertz CT molecular complexity index is 443. The number of rotatable bonds is 6. The molecule has 1 aromatic carbocycles. The van der Waals surface area contributed by atoms with Crippen LogP contribution in [-0.2, 0) is 4.74 Å². The van der Waals surface area contributed by atoms with Gasteiger partial charge in [-0.15, -0.1) is 0 Å². The van der Waals surface area contributed by atoms with Crippen molar-refractivity contribution in [2.75, 3.05) is 6.61 Å². The number of amides is 1. The molecule has 0 aliphatic carbocycles. The van der Waals surface area contributed by atoms with E-state index in [2.05, 4.69) is 15.9 Å². The average molecular weight is 328 g/mol. The summed E-state index contributed by atoms with van der Waals surface area (Å²) in [6.45, 7) is 4.07. The van der Waals surface area contributed by atoms with Gasteiger partial charge in [0.2, 0.25) is 0 Å². The molecule has 1 rings (SSSR count). The van der Waals surface area contributed by atoms with Gasteiger partial charge in [0.15, 0.2) is 5.78 Å². The summed E-state index contributed by atoms with van der Waals surface area (Å²) in [5, 5.41) is 0. The summed E-state index contributed by atoms with van der Waals surface area (Å²) in [6.07, 6.45) is -0.195. The Balaban J connectivity index is 2.80. The lowest BCUT2D eigenvalue weighted by Crippen LogP contribution is -2.26. The van der Waals surface area contributed by atoms with Crippen molar-refractivity contribution in [3.63, 3.8) is 0 Å². The molecule has 0 fully saturated rings. The second kappa shape index (κ2) is 7.28. The Morgan fingerprint density at radius 3 is 2.32 bits per heavy atom. The maximum atomic E-state index is 12.4. The van der Waals surface area contributed by atoms with Gasteiger partial charge in [-0.2, -0.15) is 0 Å². The number of primary amides is 1. The molecule has 0 spiro atoms. The third-order valence-electron chi connectivity index (χ3n) is 2.68. The number of hydrogen-bond donors (Lipinski definition) is 1. The average Bonchev–Trinajstić information content (AvgIpc) is 2.34. The molecule has 5 heteroatoms. The predicted molar refractivity (Wildman–Crippen MR) is 77.0 cm³/mol. The summed E-state index contributed by atoms with van der Waals surface area (Å²) in [6, 6.07) is 7.14. The van der Waals surface area contributed by atoms with E-state index in [4.69, 9.17) is 10.5 Å². The van der Waals surface area contributed by atoms with Crippen LogP contribution in [0.4, 0.5) is 4.79 Å². The van der Waals surface area contributed by atoms with Crippen LogP contribution in [0.15, 0.2) is 28.7 Å². The highest BCUT2D eigenvalue weighted by Crippen LogP contribution is 2.19. The number of ketones is 1. The molecule has 1 unspecified atom stereocenters. The smallest absolute Gasteiger partial charge is 0.404 e. The Morgan fingerprint density at radius 1 is 1.26 bits per heavy atom. The van der Waals surface area contributed by atoms with E-state index in [0.29, 0.717) is 17.9 Å². The molecule has 0 aromatic heterocycles. The fourth-order valence-corrected chi connectivity index (χ4v) is 2.12. The number of carbonyl (C=O) groups excluding carboxylic acids is 2. The summed E-state index contributed by atoms with van der Waals surface area (Å²) < 4.78 is 5.69. The van der Waals surface area contributed by atoms with E-state index in [1.165, 1.54) is 0 Å². The van der Waals surface area contributed by atoms with Gasteiger partial charge in [-0.3, -0.25) is 4.79 Å². The van der Waals surface area contributed by atoms with Crippen molar-refractivity contribution in [2.24, 2.45) is 17.6 Å². The van der Waals surface area contributed by atoms with Crippen molar-refractivity contribution in [1.82, 2.24) is 0 Å². The maximum absolute atomic E-state index is 12.4. The molecule has 19 heavy (non-hydrogen) atoms. The molecule has 1 amide bonds. The summed E-state index contributed by atoms with van der Waals surface area (Å²) >= 11 is 3.32. The lowest BCUT2D eigenvalue weighted by molar-refractivity contribution is 0.0797. The minimum absolute atomic E-state index is 0.0255. The molecule has 0 bridgehead atoms. The van der Waals surface area contributed by atoms with E-state index < -0.39 is 6.09 Å². The zero-order valence-corrected chi connectivity index (χ0v) is 12.6. The lowest BCUT2D eigenvalue weighted by atomic mass is 9.90. The Labute approximate surface area is 121 Å². The van der Waals surface area contributed by atoms with Crippen LogP contribution in [0.1, 0.15) is 30.6 Å². The molecule has 0 radical (unpaired) electrons.